The third kappa shape index (κ3) is 4.03. The molecule has 2 aromatic rings. The van der Waals surface area contributed by atoms with Gasteiger partial charge in [-0.15, -0.1) is 0 Å². The SMILES string of the molecule is O=C(OC1C2OC(=O)C3C2OC1C3C(=O)OC(C(F)(F)F)C(F)(F)S(=O)(=O)O)C1CC2c3ccccc3C1c1ccccc12. The van der Waals surface area contributed by atoms with E-state index in [1.807, 2.05) is 48.5 Å². The lowest BCUT2D eigenvalue weighted by Gasteiger charge is -2.44. The van der Waals surface area contributed by atoms with Gasteiger partial charge >= 0.3 is 39.5 Å². The molecule has 3 saturated heterocycles. The van der Waals surface area contributed by atoms with Crippen molar-refractivity contribution in [2.45, 2.75) is 60.2 Å². The van der Waals surface area contributed by atoms with Crippen LogP contribution in [0.25, 0.3) is 0 Å². The number of esters is 3. The van der Waals surface area contributed by atoms with Crippen molar-refractivity contribution in [2.24, 2.45) is 17.8 Å². The summed E-state index contributed by atoms with van der Waals surface area (Å²) in [7, 11) is -6.69. The van der Waals surface area contributed by atoms with Crippen molar-refractivity contribution in [3.05, 3.63) is 70.8 Å². The van der Waals surface area contributed by atoms with Crippen molar-refractivity contribution in [3.63, 3.8) is 0 Å². The van der Waals surface area contributed by atoms with E-state index < -0.39 is 93.6 Å². The Kier molecular flexibility index (Phi) is 6.24. The van der Waals surface area contributed by atoms with Gasteiger partial charge in [0.05, 0.1) is 5.92 Å². The third-order valence-corrected chi connectivity index (χ3v) is 10.1. The molecule has 1 N–H and O–H groups in total. The Hall–Kier alpha value is -3.63. The Morgan fingerprint density at radius 1 is 0.886 bits per heavy atom. The van der Waals surface area contributed by atoms with Gasteiger partial charge < -0.3 is 18.9 Å². The summed E-state index contributed by atoms with van der Waals surface area (Å²) in [6.07, 6.45) is -16.0. The predicted molar refractivity (Wildman–Crippen MR) is 133 cm³/mol. The molecule has 44 heavy (non-hydrogen) atoms. The van der Waals surface area contributed by atoms with Gasteiger partial charge in [-0.05, 0) is 28.7 Å². The summed E-state index contributed by atoms with van der Waals surface area (Å²) in [5, 5.41) is -5.98. The van der Waals surface area contributed by atoms with Crippen LogP contribution in [0.15, 0.2) is 48.5 Å². The normalized spacial score (nSPS) is 33.8. The van der Waals surface area contributed by atoms with Crippen LogP contribution in [-0.2, 0) is 43.4 Å². The second kappa shape index (κ2) is 9.44. The summed E-state index contributed by atoms with van der Waals surface area (Å²) in [6, 6.07) is 15.2. The van der Waals surface area contributed by atoms with Crippen molar-refractivity contribution >= 4 is 28.0 Å². The quantitative estimate of drug-likeness (QED) is 0.216. The van der Waals surface area contributed by atoms with E-state index in [1.54, 1.807) is 0 Å². The molecule has 8 atom stereocenters. The van der Waals surface area contributed by atoms with E-state index >= 15 is 0 Å². The van der Waals surface area contributed by atoms with Crippen molar-refractivity contribution in [3.8, 4) is 0 Å². The molecule has 3 heterocycles. The van der Waals surface area contributed by atoms with Crippen LogP contribution in [0.5, 0.6) is 0 Å². The molecule has 8 rings (SSSR count). The first-order valence-corrected chi connectivity index (χ1v) is 14.9. The first-order valence-electron chi connectivity index (χ1n) is 13.5. The number of ether oxygens (including phenoxy) is 4. The summed E-state index contributed by atoms with van der Waals surface area (Å²) in [5.74, 6) is -8.79. The molecule has 6 aliphatic rings. The molecule has 3 aliphatic carbocycles. The number of carbonyl (C=O) groups is 3. The number of halogens is 5. The fourth-order valence-corrected chi connectivity index (χ4v) is 7.94. The second-order valence-corrected chi connectivity index (χ2v) is 12.9. The lowest BCUT2D eigenvalue weighted by atomic mass is 9.59. The Morgan fingerprint density at radius 2 is 1.45 bits per heavy atom. The zero-order valence-electron chi connectivity index (χ0n) is 22.0. The molecule has 8 unspecified atom stereocenters. The van der Waals surface area contributed by atoms with Gasteiger partial charge in [0.2, 0.25) is 0 Å². The number of rotatable bonds is 6. The summed E-state index contributed by atoms with van der Waals surface area (Å²) in [6.45, 7) is 0. The maximum atomic E-state index is 14.1. The Labute approximate surface area is 245 Å². The maximum Gasteiger partial charge on any atom is 0.432 e. The highest BCUT2D eigenvalue weighted by Crippen LogP contribution is 2.57. The number of hydrogen-bond acceptors (Lipinski definition) is 9. The number of carbonyl (C=O) groups excluding carboxylic acids is 3. The van der Waals surface area contributed by atoms with E-state index in [0.29, 0.717) is 6.42 Å². The predicted octanol–water partition coefficient (Wildman–Crippen LogP) is 3.09. The number of fused-ring (bicyclic) bond motifs is 2. The first kappa shape index (κ1) is 29.1. The summed E-state index contributed by atoms with van der Waals surface area (Å²) >= 11 is 0. The third-order valence-electron chi connectivity index (χ3n) is 9.22. The molecule has 0 spiro atoms. The van der Waals surface area contributed by atoms with Crippen LogP contribution in [-0.4, -0.2) is 72.8 Å². The molecule has 3 aliphatic heterocycles. The summed E-state index contributed by atoms with van der Waals surface area (Å²) in [4.78, 5) is 39.3. The fraction of sp³-hybridized carbons (Fsp3) is 0.464. The molecular formula is C28H21F5O10S. The molecule has 3 fully saturated rings. The van der Waals surface area contributed by atoms with Gasteiger partial charge in [0.1, 0.15) is 24.0 Å². The van der Waals surface area contributed by atoms with E-state index in [4.69, 9.17) is 18.8 Å². The highest BCUT2D eigenvalue weighted by atomic mass is 32.2. The standard InChI is InChI=1S/C28H21F5O10S/c29-27(30,31)26(28(32,33)44(37,38)39)43-25(36)18-17-19-22(42-24(17)35)21(20(18)40-19)41-23(34)15-9-14-10-5-1-3-7-12(10)16(15)13-8-4-2-6-11(13)14/h1-8,14-22,26H,9H2,(H,37,38,39). The van der Waals surface area contributed by atoms with Gasteiger partial charge in [-0.3, -0.25) is 18.9 Å². The van der Waals surface area contributed by atoms with Crippen molar-refractivity contribution in [1.29, 1.82) is 0 Å². The van der Waals surface area contributed by atoms with Crippen LogP contribution in [0, 0.1) is 17.8 Å². The molecule has 16 heteroatoms. The minimum Gasteiger partial charge on any atom is -0.455 e. The monoisotopic (exact) mass is 644 g/mol. The molecule has 2 aromatic carbocycles. The van der Waals surface area contributed by atoms with Crippen LogP contribution in [0.2, 0.25) is 0 Å². The lowest BCUT2D eigenvalue weighted by Crippen LogP contribution is -2.55. The summed E-state index contributed by atoms with van der Waals surface area (Å²) in [5.41, 5.74) is 3.94. The van der Waals surface area contributed by atoms with E-state index in [2.05, 4.69) is 4.74 Å². The zero-order chi connectivity index (χ0) is 31.5. The molecule has 4 bridgehead atoms. The second-order valence-electron chi connectivity index (χ2n) is 11.4. The number of hydrogen-bond donors (Lipinski definition) is 1. The van der Waals surface area contributed by atoms with Crippen molar-refractivity contribution < 1.29 is 68.3 Å². The molecular weight excluding hydrogens is 623 g/mol. The van der Waals surface area contributed by atoms with Gasteiger partial charge in [0, 0.05) is 11.8 Å². The number of benzene rings is 2. The Bertz CT molecular complexity index is 1650. The molecule has 0 amide bonds. The molecule has 0 aromatic heterocycles. The van der Waals surface area contributed by atoms with E-state index in [9.17, 15) is 44.8 Å². The van der Waals surface area contributed by atoms with Crippen LogP contribution >= 0.6 is 0 Å². The smallest absolute Gasteiger partial charge is 0.432 e. The van der Waals surface area contributed by atoms with E-state index in [0.717, 1.165) is 22.3 Å². The maximum absolute atomic E-state index is 14.1. The van der Waals surface area contributed by atoms with E-state index in [1.165, 1.54) is 0 Å². The lowest BCUT2D eigenvalue weighted by molar-refractivity contribution is -0.261. The van der Waals surface area contributed by atoms with Gasteiger partial charge in [-0.2, -0.15) is 30.4 Å². The van der Waals surface area contributed by atoms with Gasteiger partial charge in [0.25, 0.3) is 6.10 Å². The molecule has 0 saturated carbocycles. The highest BCUT2D eigenvalue weighted by Gasteiger charge is 2.74. The summed E-state index contributed by atoms with van der Waals surface area (Å²) < 4.78 is 120. The van der Waals surface area contributed by atoms with Crippen LogP contribution < -0.4 is 0 Å². The number of alkyl halides is 5. The average Bonchev–Trinajstić information content (AvgIpc) is 3.58. The van der Waals surface area contributed by atoms with Crippen LogP contribution in [0.4, 0.5) is 22.0 Å². The molecule has 0 radical (unpaired) electrons. The molecule has 234 valence electrons. The Balaban J connectivity index is 1.16. The van der Waals surface area contributed by atoms with E-state index in [-0.39, 0.29) is 5.92 Å². The average molecular weight is 645 g/mol. The topological polar surface area (TPSA) is 142 Å². The van der Waals surface area contributed by atoms with Crippen LogP contribution in [0.3, 0.4) is 0 Å². The zero-order valence-corrected chi connectivity index (χ0v) is 22.8. The fourth-order valence-electron chi connectivity index (χ4n) is 7.48. The Morgan fingerprint density at radius 3 is 2.00 bits per heavy atom. The van der Waals surface area contributed by atoms with Crippen LogP contribution in [0.1, 0.15) is 40.5 Å². The van der Waals surface area contributed by atoms with Gasteiger partial charge in [-0.1, -0.05) is 48.5 Å². The van der Waals surface area contributed by atoms with Crippen molar-refractivity contribution in [1.82, 2.24) is 0 Å². The van der Waals surface area contributed by atoms with Gasteiger partial charge in [0.15, 0.2) is 12.2 Å². The minimum atomic E-state index is -6.69. The van der Waals surface area contributed by atoms with Gasteiger partial charge in [-0.25, -0.2) is 0 Å². The first-order chi connectivity index (χ1) is 20.6. The molecule has 10 nitrogen and oxygen atoms in total. The van der Waals surface area contributed by atoms with Crippen molar-refractivity contribution in [2.75, 3.05) is 0 Å². The minimum absolute atomic E-state index is 0.138. The largest absolute Gasteiger partial charge is 0.455 e. The highest BCUT2D eigenvalue weighted by molar-refractivity contribution is 7.86.